The van der Waals surface area contributed by atoms with E-state index in [1.807, 2.05) is 13.8 Å². The summed E-state index contributed by atoms with van der Waals surface area (Å²) in [4.78, 5) is 18.9. The summed E-state index contributed by atoms with van der Waals surface area (Å²) < 4.78 is 5.18. The maximum Gasteiger partial charge on any atom is 0.307 e. The lowest BCUT2D eigenvalue weighted by Crippen LogP contribution is -2.21. The average molecular weight is 296 g/mol. The van der Waals surface area contributed by atoms with Crippen LogP contribution in [0.1, 0.15) is 19.6 Å². The fraction of sp³-hybridized carbons (Fsp3) is 0.385. The van der Waals surface area contributed by atoms with Crippen molar-refractivity contribution in [1.29, 1.82) is 0 Å². The summed E-state index contributed by atoms with van der Waals surface area (Å²) in [5.41, 5.74) is 1.23. The molecule has 20 heavy (non-hydrogen) atoms. The number of hydrogen-bond donors (Lipinski definition) is 1. The number of carbonyl (C=O) groups is 1. The largest absolute Gasteiger partial charge is 0.481 e. The highest BCUT2D eigenvalue weighted by molar-refractivity contribution is 6.28. The molecule has 0 amide bonds. The van der Waals surface area contributed by atoms with Crippen molar-refractivity contribution in [3.8, 4) is 11.3 Å². The molecular formula is C13H14ClN3O3. The lowest BCUT2D eigenvalue weighted by Gasteiger charge is -2.13. The zero-order valence-corrected chi connectivity index (χ0v) is 11.8. The monoisotopic (exact) mass is 295 g/mol. The fourth-order valence-electron chi connectivity index (χ4n) is 1.81. The van der Waals surface area contributed by atoms with E-state index >= 15 is 0 Å². The molecule has 106 valence electrons. The van der Waals surface area contributed by atoms with Crippen LogP contribution < -0.4 is 0 Å². The lowest BCUT2D eigenvalue weighted by atomic mass is 9.91. The van der Waals surface area contributed by atoms with Crippen LogP contribution in [0.15, 0.2) is 23.0 Å². The first-order valence-electron chi connectivity index (χ1n) is 6.13. The molecule has 1 atom stereocenters. The molecule has 2 aromatic rings. The Morgan fingerprint density at radius 1 is 1.40 bits per heavy atom. The predicted molar refractivity (Wildman–Crippen MR) is 72.2 cm³/mol. The summed E-state index contributed by atoms with van der Waals surface area (Å²) in [6, 6.07) is 1.70. The van der Waals surface area contributed by atoms with E-state index < -0.39 is 11.9 Å². The Morgan fingerprint density at radius 2 is 2.05 bits per heavy atom. The maximum absolute atomic E-state index is 11.2. The minimum absolute atomic E-state index is 0.0138. The minimum Gasteiger partial charge on any atom is -0.481 e. The summed E-state index contributed by atoms with van der Waals surface area (Å²) in [5.74, 6) is -0.805. The van der Waals surface area contributed by atoms with Crippen molar-refractivity contribution in [2.24, 2.45) is 11.8 Å². The number of hydrogen-bond acceptors (Lipinski definition) is 5. The van der Waals surface area contributed by atoms with Gasteiger partial charge in [-0.2, -0.15) is 0 Å². The Bertz CT molecular complexity index is 595. The van der Waals surface area contributed by atoms with E-state index in [0.29, 0.717) is 23.4 Å². The zero-order valence-electron chi connectivity index (χ0n) is 11.1. The summed E-state index contributed by atoms with van der Waals surface area (Å²) in [7, 11) is 0. The molecule has 0 saturated heterocycles. The van der Waals surface area contributed by atoms with E-state index in [1.165, 1.54) is 12.4 Å². The Hall–Kier alpha value is -1.95. The van der Waals surface area contributed by atoms with Crippen molar-refractivity contribution < 1.29 is 14.4 Å². The Labute approximate surface area is 120 Å². The van der Waals surface area contributed by atoms with Gasteiger partial charge in [-0.05, 0) is 17.5 Å². The molecule has 1 unspecified atom stereocenters. The van der Waals surface area contributed by atoms with Crippen LogP contribution in [0, 0.1) is 11.8 Å². The highest BCUT2D eigenvalue weighted by Crippen LogP contribution is 2.22. The molecule has 0 fully saturated rings. The van der Waals surface area contributed by atoms with Gasteiger partial charge in [0.15, 0.2) is 0 Å². The zero-order chi connectivity index (χ0) is 14.7. The molecule has 0 aliphatic heterocycles. The second-order valence-electron chi connectivity index (χ2n) is 4.81. The molecule has 2 heterocycles. The first-order valence-corrected chi connectivity index (χ1v) is 6.51. The number of aliphatic carboxylic acids is 1. The van der Waals surface area contributed by atoms with Gasteiger partial charge in [-0.25, -0.2) is 9.97 Å². The first kappa shape index (κ1) is 14.5. The summed E-state index contributed by atoms with van der Waals surface area (Å²) >= 11 is 5.61. The van der Waals surface area contributed by atoms with Gasteiger partial charge in [0.2, 0.25) is 5.28 Å². The van der Waals surface area contributed by atoms with Gasteiger partial charge in [-0.1, -0.05) is 19.0 Å². The van der Waals surface area contributed by atoms with E-state index in [4.69, 9.17) is 21.2 Å². The third-order valence-electron chi connectivity index (χ3n) is 3.02. The number of aromatic nitrogens is 3. The van der Waals surface area contributed by atoms with Crippen LogP contribution in [0.25, 0.3) is 11.3 Å². The molecule has 2 aromatic heterocycles. The smallest absolute Gasteiger partial charge is 0.307 e. The van der Waals surface area contributed by atoms with Gasteiger partial charge in [-0.15, -0.1) is 0 Å². The molecular weight excluding hydrogens is 282 g/mol. The van der Waals surface area contributed by atoms with Crippen molar-refractivity contribution in [2.45, 2.75) is 20.3 Å². The van der Waals surface area contributed by atoms with Crippen molar-refractivity contribution in [3.05, 3.63) is 29.5 Å². The summed E-state index contributed by atoms with van der Waals surface area (Å²) in [6.45, 7) is 3.73. The van der Waals surface area contributed by atoms with E-state index in [-0.39, 0.29) is 11.2 Å². The quantitative estimate of drug-likeness (QED) is 0.853. The molecule has 0 aliphatic carbocycles. The average Bonchev–Trinajstić information content (AvgIpc) is 2.84. The van der Waals surface area contributed by atoms with Crippen LogP contribution in [0.4, 0.5) is 0 Å². The normalized spacial score (nSPS) is 12.6. The molecule has 7 heteroatoms. The number of carboxylic acids is 1. The van der Waals surface area contributed by atoms with E-state index in [0.717, 1.165) is 0 Å². The summed E-state index contributed by atoms with van der Waals surface area (Å²) in [5, 5.41) is 13.2. The second kappa shape index (κ2) is 6.00. The molecule has 0 radical (unpaired) electrons. The molecule has 0 bridgehead atoms. The maximum atomic E-state index is 11.2. The van der Waals surface area contributed by atoms with Gasteiger partial charge in [0.25, 0.3) is 0 Å². The second-order valence-corrected chi connectivity index (χ2v) is 5.15. The van der Waals surface area contributed by atoms with Crippen LogP contribution in [-0.4, -0.2) is 26.2 Å². The van der Waals surface area contributed by atoms with Crippen LogP contribution in [0.3, 0.4) is 0 Å². The minimum atomic E-state index is -0.840. The predicted octanol–water partition coefficient (Wildman–Crippen LogP) is 2.68. The van der Waals surface area contributed by atoms with Crippen LogP contribution in [0.5, 0.6) is 0 Å². The van der Waals surface area contributed by atoms with E-state index in [2.05, 4.69) is 15.1 Å². The third-order valence-corrected chi connectivity index (χ3v) is 3.21. The van der Waals surface area contributed by atoms with Crippen LogP contribution in [-0.2, 0) is 11.2 Å². The SMILES string of the molecule is CC(C)C(Cc1cc(-c2cnc(Cl)nc2)no1)C(=O)O. The number of rotatable bonds is 5. The molecule has 6 nitrogen and oxygen atoms in total. The van der Waals surface area contributed by atoms with Gasteiger partial charge in [0.05, 0.1) is 5.92 Å². The van der Waals surface area contributed by atoms with Crippen LogP contribution >= 0.6 is 11.6 Å². The first-order chi connectivity index (χ1) is 9.47. The van der Waals surface area contributed by atoms with E-state index in [9.17, 15) is 4.79 Å². The Balaban J connectivity index is 2.16. The van der Waals surface area contributed by atoms with Crippen molar-refractivity contribution >= 4 is 17.6 Å². The number of nitrogens with zero attached hydrogens (tertiary/aromatic N) is 3. The van der Waals surface area contributed by atoms with Gasteiger partial charge >= 0.3 is 5.97 Å². The van der Waals surface area contributed by atoms with Gasteiger partial charge < -0.3 is 9.63 Å². The highest BCUT2D eigenvalue weighted by atomic mass is 35.5. The molecule has 0 aromatic carbocycles. The number of halogens is 1. The third kappa shape index (κ3) is 3.33. The summed E-state index contributed by atoms with van der Waals surface area (Å²) in [6.07, 6.45) is 3.37. The molecule has 2 rings (SSSR count). The topological polar surface area (TPSA) is 89.1 Å². The van der Waals surface area contributed by atoms with Crippen molar-refractivity contribution in [3.63, 3.8) is 0 Å². The molecule has 0 aliphatic rings. The van der Waals surface area contributed by atoms with Gasteiger partial charge in [-0.3, -0.25) is 4.79 Å². The fourth-order valence-corrected chi connectivity index (χ4v) is 1.91. The van der Waals surface area contributed by atoms with Gasteiger partial charge in [0.1, 0.15) is 11.5 Å². The highest BCUT2D eigenvalue weighted by Gasteiger charge is 2.24. The molecule has 1 N–H and O–H groups in total. The molecule has 0 spiro atoms. The number of carboxylic acid groups (broad SMARTS) is 1. The van der Waals surface area contributed by atoms with Crippen LogP contribution in [0.2, 0.25) is 5.28 Å². The lowest BCUT2D eigenvalue weighted by molar-refractivity contribution is -0.143. The Kier molecular flexibility index (Phi) is 4.34. The van der Waals surface area contributed by atoms with Crippen molar-refractivity contribution in [1.82, 2.24) is 15.1 Å². The van der Waals surface area contributed by atoms with Gasteiger partial charge in [0, 0.05) is 30.4 Å². The standard InChI is InChI=1S/C13H14ClN3O3/c1-7(2)10(12(18)19)3-9-4-11(17-20-9)8-5-15-13(14)16-6-8/h4-7,10H,3H2,1-2H3,(H,18,19). The van der Waals surface area contributed by atoms with E-state index in [1.54, 1.807) is 6.07 Å². The Morgan fingerprint density at radius 3 is 2.60 bits per heavy atom. The molecule has 0 saturated carbocycles. The van der Waals surface area contributed by atoms with Crippen molar-refractivity contribution in [2.75, 3.05) is 0 Å².